The van der Waals surface area contributed by atoms with Gasteiger partial charge in [0.15, 0.2) is 5.76 Å². The summed E-state index contributed by atoms with van der Waals surface area (Å²) in [5.74, 6) is 0.929. The van der Waals surface area contributed by atoms with E-state index in [1.54, 1.807) is 18.3 Å². The molecular weight excluding hydrogens is 320 g/mol. The number of pyridine rings is 1. The number of nitrogens with zero attached hydrogens (tertiary/aromatic N) is 2. The first-order chi connectivity index (χ1) is 12.3. The molecule has 2 aliphatic rings. The maximum absolute atomic E-state index is 12.7. The van der Waals surface area contributed by atoms with Gasteiger partial charge in [-0.3, -0.25) is 4.79 Å². The minimum atomic E-state index is -0.198. The topological polar surface area (TPSA) is 64.8 Å². The maximum atomic E-state index is 12.7. The lowest BCUT2D eigenvalue weighted by atomic mass is 9.73. The molecule has 6 heteroatoms. The van der Waals surface area contributed by atoms with Crippen molar-refractivity contribution in [1.82, 2.24) is 9.88 Å². The number of hydrogen-bond acceptors (Lipinski definition) is 5. The summed E-state index contributed by atoms with van der Waals surface area (Å²) >= 11 is 0. The molecule has 2 aromatic heterocycles. The summed E-state index contributed by atoms with van der Waals surface area (Å²) < 4.78 is 17.3. The Balaban J connectivity index is 1.51. The zero-order valence-electron chi connectivity index (χ0n) is 14.1. The van der Waals surface area contributed by atoms with Crippen molar-refractivity contribution in [2.75, 3.05) is 26.3 Å². The van der Waals surface area contributed by atoms with E-state index in [0.29, 0.717) is 31.3 Å². The summed E-state index contributed by atoms with van der Waals surface area (Å²) in [7, 11) is 0. The van der Waals surface area contributed by atoms with Crippen molar-refractivity contribution < 1.29 is 18.7 Å². The highest BCUT2D eigenvalue weighted by Gasteiger charge is 2.48. The van der Waals surface area contributed by atoms with Crippen molar-refractivity contribution in [1.29, 1.82) is 0 Å². The monoisotopic (exact) mass is 342 g/mol. The van der Waals surface area contributed by atoms with Crippen LogP contribution >= 0.6 is 0 Å². The lowest BCUT2D eigenvalue weighted by Gasteiger charge is -2.49. The number of rotatable bonds is 4. The van der Waals surface area contributed by atoms with Gasteiger partial charge in [-0.1, -0.05) is 6.07 Å². The molecule has 132 valence electrons. The van der Waals surface area contributed by atoms with Gasteiger partial charge in [-0.05, 0) is 37.5 Å². The van der Waals surface area contributed by atoms with Crippen LogP contribution in [0.5, 0.6) is 5.88 Å². The van der Waals surface area contributed by atoms with E-state index in [-0.39, 0.29) is 17.4 Å². The molecule has 25 heavy (non-hydrogen) atoms. The van der Waals surface area contributed by atoms with Crippen LogP contribution in [0.3, 0.4) is 0 Å². The molecule has 2 fully saturated rings. The van der Waals surface area contributed by atoms with Gasteiger partial charge < -0.3 is 18.8 Å². The average molecular weight is 342 g/mol. The van der Waals surface area contributed by atoms with Gasteiger partial charge in [0, 0.05) is 37.4 Å². The molecule has 0 spiro atoms. The van der Waals surface area contributed by atoms with Crippen LogP contribution in [0.15, 0.2) is 47.2 Å². The highest BCUT2D eigenvalue weighted by Crippen LogP contribution is 2.40. The lowest BCUT2D eigenvalue weighted by molar-refractivity contribution is -0.133. The summed E-state index contributed by atoms with van der Waals surface area (Å²) in [6.45, 7) is 2.57. The van der Waals surface area contributed by atoms with Gasteiger partial charge >= 0.3 is 0 Å². The molecule has 2 atom stereocenters. The third-order valence-corrected chi connectivity index (χ3v) is 5.15. The highest BCUT2D eigenvalue weighted by molar-refractivity contribution is 5.91. The Kier molecular flexibility index (Phi) is 4.44. The molecule has 4 rings (SSSR count). The van der Waals surface area contributed by atoms with E-state index in [1.807, 2.05) is 23.1 Å². The highest BCUT2D eigenvalue weighted by atomic mass is 16.5. The number of piperidine rings is 1. The summed E-state index contributed by atoms with van der Waals surface area (Å²) in [4.78, 5) is 18.8. The van der Waals surface area contributed by atoms with Gasteiger partial charge in [0.05, 0.1) is 19.0 Å². The second-order valence-electron chi connectivity index (χ2n) is 6.77. The third kappa shape index (κ3) is 3.26. The minimum Gasteiger partial charge on any atom is -0.477 e. The number of amides is 1. The molecular formula is C19H22N2O4. The van der Waals surface area contributed by atoms with Crippen LogP contribution in [0.2, 0.25) is 0 Å². The van der Waals surface area contributed by atoms with E-state index in [4.69, 9.17) is 13.9 Å². The van der Waals surface area contributed by atoms with E-state index >= 15 is 0 Å². The second-order valence-corrected chi connectivity index (χ2v) is 6.77. The molecule has 0 radical (unpaired) electrons. The fraction of sp³-hybridized carbons (Fsp3) is 0.474. The molecule has 0 saturated carbocycles. The number of likely N-dealkylation sites (tertiary alicyclic amines) is 1. The van der Waals surface area contributed by atoms with Crippen LogP contribution in [0.4, 0.5) is 0 Å². The molecule has 2 aromatic rings. The van der Waals surface area contributed by atoms with Crippen molar-refractivity contribution in [2.24, 2.45) is 5.41 Å². The molecule has 1 amide bonds. The van der Waals surface area contributed by atoms with E-state index < -0.39 is 0 Å². The quantitative estimate of drug-likeness (QED) is 0.855. The van der Waals surface area contributed by atoms with Gasteiger partial charge in [0.25, 0.3) is 5.91 Å². The van der Waals surface area contributed by atoms with Crippen LogP contribution in [0.25, 0.3) is 0 Å². The average Bonchev–Trinajstić information content (AvgIpc) is 3.21. The van der Waals surface area contributed by atoms with Crippen molar-refractivity contribution in [3.8, 4) is 5.88 Å². The predicted molar refractivity (Wildman–Crippen MR) is 90.4 cm³/mol. The number of aromatic nitrogens is 1. The summed E-state index contributed by atoms with van der Waals surface area (Å²) in [5.41, 5.74) is -0.198. The van der Waals surface area contributed by atoms with Gasteiger partial charge in [-0.2, -0.15) is 0 Å². The van der Waals surface area contributed by atoms with E-state index in [2.05, 4.69) is 4.98 Å². The number of hydrogen-bond donors (Lipinski definition) is 0. The number of carbonyl (C=O) groups excluding carboxylic acids is 1. The summed E-state index contributed by atoms with van der Waals surface area (Å²) in [6.07, 6.45) is 6.14. The van der Waals surface area contributed by atoms with Crippen molar-refractivity contribution in [3.63, 3.8) is 0 Å². The summed E-state index contributed by atoms with van der Waals surface area (Å²) in [6, 6.07) is 9.07. The molecule has 0 bridgehead atoms. The van der Waals surface area contributed by atoms with E-state index in [1.165, 1.54) is 6.26 Å². The second kappa shape index (κ2) is 6.88. The molecule has 0 N–H and O–H groups in total. The standard InChI is InChI=1S/C19H22N2O4/c22-18(15-5-3-11-23-15)21-10-7-16-19(13-21,8-4-12-24-16)14-25-17-6-1-2-9-20-17/h1-3,5-6,9,11,16H,4,7-8,10,12-14H2/t16-,19-/m1/s1. The van der Waals surface area contributed by atoms with E-state index in [0.717, 1.165) is 25.9 Å². The molecule has 4 heterocycles. The molecule has 2 saturated heterocycles. The maximum Gasteiger partial charge on any atom is 0.289 e. The van der Waals surface area contributed by atoms with Gasteiger partial charge in [-0.15, -0.1) is 0 Å². The minimum absolute atomic E-state index is 0.0637. The Morgan fingerprint density at radius 3 is 3.12 bits per heavy atom. The Hall–Kier alpha value is -2.34. The van der Waals surface area contributed by atoms with Crippen molar-refractivity contribution >= 4 is 5.91 Å². The molecule has 0 aromatic carbocycles. The Morgan fingerprint density at radius 2 is 2.32 bits per heavy atom. The van der Waals surface area contributed by atoms with Crippen LogP contribution < -0.4 is 4.74 Å². The van der Waals surface area contributed by atoms with Gasteiger partial charge in [-0.25, -0.2) is 4.98 Å². The van der Waals surface area contributed by atoms with Crippen LogP contribution in [-0.4, -0.2) is 48.2 Å². The first-order valence-electron chi connectivity index (χ1n) is 8.75. The lowest BCUT2D eigenvalue weighted by Crippen LogP contribution is -2.58. The molecule has 0 aliphatic carbocycles. The van der Waals surface area contributed by atoms with Crippen LogP contribution in [0.1, 0.15) is 29.8 Å². The van der Waals surface area contributed by atoms with Crippen molar-refractivity contribution in [2.45, 2.75) is 25.4 Å². The molecule has 6 nitrogen and oxygen atoms in total. The number of ether oxygens (including phenoxy) is 2. The zero-order chi connectivity index (χ0) is 17.1. The SMILES string of the molecule is O=C(c1ccco1)N1CC[C@H]2OCCC[C@]2(COc2ccccn2)C1. The summed E-state index contributed by atoms with van der Waals surface area (Å²) in [5, 5.41) is 0. The van der Waals surface area contributed by atoms with E-state index in [9.17, 15) is 4.79 Å². The van der Waals surface area contributed by atoms with Crippen LogP contribution in [-0.2, 0) is 4.74 Å². The molecule has 0 unspecified atom stereocenters. The number of fused-ring (bicyclic) bond motifs is 1. The Bertz CT molecular complexity index is 703. The Morgan fingerprint density at radius 1 is 1.36 bits per heavy atom. The largest absolute Gasteiger partial charge is 0.477 e. The fourth-order valence-electron chi connectivity index (χ4n) is 3.88. The first kappa shape index (κ1) is 16.1. The zero-order valence-corrected chi connectivity index (χ0v) is 14.1. The van der Waals surface area contributed by atoms with Gasteiger partial charge in [0.1, 0.15) is 0 Å². The Labute approximate surface area is 146 Å². The fourth-order valence-corrected chi connectivity index (χ4v) is 3.88. The molecule has 2 aliphatic heterocycles. The predicted octanol–water partition coefficient (Wildman–Crippen LogP) is 2.76. The normalized spacial score (nSPS) is 26.1. The van der Waals surface area contributed by atoms with Crippen LogP contribution in [0, 0.1) is 5.41 Å². The number of carbonyl (C=O) groups is 1. The van der Waals surface area contributed by atoms with Gasteiger partial charge in [0.2, 0.25) is 5.88 Å². The van der Waals surface area contributed by atoms with Crippen molar-refractivity contribution in [3.05, 3.63) is 48.6 Å². The third-order valence-electron chi connectivity index (χ3n) is 5.15. The smallest absolute Gasteiger partial charge is 0.289 e. The first-order valence-corrected chi connectivity index (χ1v) is 8.75. The number of furan rings is 1.